The van der Waals surface area contributed by atoms with Crippen molar-refractivity contribution in [3.05, 3.63) is 29.8 Å². The lowest BCUT2D eigenvalue weighted by Crippen LogP contribution is -2.42. The van der Waals surface area contributed by atoms with Crippen molar-refractivity contribution in [2.45, 2.75) is 38.3 Å². The summed E-state index contributed by atoms with van der Waals surface area (Å²) in [6, 6.07) is 8.69. The lowest BCUT2D eigenvalue weighted by atomic mass is 9.97. The highest BCUT2D eigenvalue weighted by Crippen LogP contribution is 2.29. The molecule has 22 heavy (non-hydrogen) atoms. The molecule has 0 aromatic heterocycles. The first kappa shape index (κ1) is 15.6. The quantitative estimate of drug-likeness (QED) is 0.842. The van der Waals surface area contributed by atoms with E-state index in [2.05, 4.69) is 46.5 Å². The van der Waals surface area contributed by atoms with E-state index in [1.165, 1.54) is 11.3 Å². The maximum atomic E-state index is 12.6. The van der Waals surface area contributed by atoms with Crippen LogP contribution >= 0.6 is 12.2 Å². The Morgan fingerprint density at radius 3 is 2.86 bits per heavy atom. The third-order valence-electron chi connectivity index (χ3n) is 4.38. The average Bonchev–Trinajstić information content (AvgIpc) is 2.76. The Labute approximate surface area is 139 Å². The van der Waals surface area contributed by atoms with Gasteiger partial charge in [-0.3, -0.25) is 4.21 Å². The van der Waals surface area contributed by atoms with Crippen LogP contribution < -0.4 is 10.2 Å². The number of amidine groups is 1. The molecule has 2 aliphatic rings. The molecule has 0 fully saturated rings. The van der Waals surface area contributed by atoms with Crippen LogP contribution in [0, 0.1) is 0 Å². The second-order valence-electron chi connectivity index (χ2n) is 6.37. The summed E-state index contributed by atoms with van der Waals surface area (Å²) in [6.07, 6.45) is 2.05. The summed E-state index contributed by atoms with van der Waals surface area (Å²) >= 11 is 5.26. The molecule has 2 aliphatic heterocycles. The maximum Gasteiger partial charge on any atom is 0.193 e. The number of aliphatic imine (C=N–C) groups is 1. The maximum absolute atomic E-state index is 12.6. The van der Waals surface area contributed by atoms with Crippen molar-refractivity contribution in [1.29, 1.82) is 0 Å². The third kappa shape index (κ3) is 2.82. The first-order chi connectivity index (χ1) is 10.4. The number of para-hydroxylation sites is 1. The number of aryl methyl sites for hydroxylation is 1. The van der Waals surface area contributed by atoms with Gasteiger partial charge in [0.15, 0.2) is 5.17 Å². The van der Waals surface area contributed by atoms with E-state index in [0.717, 1.165) is 12.8 Å². The predicted molar refractivity (Wildman–Crippen MR) is 97.2 cm³/mol. The number of hydrogen-bond acceptors (Lipinski definition) is 4. The van der Waals surface area contributed by atoms with Crippen LogP contribution in [0.5, 0.6) is 0 Å². The molecule has 2 atom stereocenters. The largest absolute Gasteiger partial charge is 0.370 e. The van der Waals surface area contributed by atoms with Gasteiger partial charge < -0.3 is 10.2 Å². The number of benzene rings is 1. The Bertz CT molecular complexity index is 669. The van der Waals surface area contributed by atoms with E-state index in [-0.39, 0.29) is 6.04 Å². The lowest BCUT2D eigenvalue weighted by Gasteiger charge is -2.35. The number of fused-ring (bicyclic) bond motifs is 1. The lowest BCUT2D eigenvalue weighted by molar-refractivity contribution is 0.597. The van der Waals surface area contributed by atoms with Crippen molar-refractivity contribution in [2.24, 2.45) is 4.99 Å². The van der Waals surface area contributed by atoms with E-state index in [0.29, 0.717) is 15.9 Å². The number of hydrogen-bond donors (Lipinski definition) is 1. The first-order valence-electron chi connectivity index (χ1n) is 7.49. The molecule has 2 unspecified atom stereocenters. The molecular weight excluding hydrogens is 314 g/mol. The summed E-state index contributed by atoms with van der Waals surface area (Å²) in [5.41, 5.74) is 2.17. The minimum absolute atomic E-state index is 0.262. The number of nitrogens with zero attached hydrogens (tertiary/aromatic N) is 2. The van der Waals surface area contributed by atoms with Gasteiger partial charge in [0.25, 0.3) is 0 Å². The smallest absolute Gasteiger partial charge is 0.193 e. The normalized spacial score (nSPS) is 24.5. The van der Waals surface area contributed by atoms with Gasteiger partial charge in [0.05, 0.1) is 16.6 Å². The molecular formula is C16H21N3OS2. The monoisotopic (exact) mass is 335 g/mol. The zero-order chi connectivity index (χ0) is 15.9. The highest BCUT2D eigenvalue weighted by atomic mass is 32.2. The summed E-state index contributed by atoms with van der Waals surface area (Å²) in [5.74, 6) is 0.579. The third-order valence-corrected chi connectivity index (χ3v) is 6.30. The standard InChI is InChI=1S/C16H21N3OS2/c1-16(2)14(21)17-15(18-16)22(20)10-12-9-8-11-6-4-5-7-13(11)19(12)3/h4-7,12H,8-10H2,1-3H3,(H,17,18,21). The molecule has 0 saturated heterocycles. The molecule has 0 spiro atoms. The van der Waals surface area contributed by atoms with Gasteiger partial charge >= 0.3 is 0 Å². The van der Waals surface area contributed by atoms with Crippen LogP contribution in [0.1, 0.15) is 25.8 Å². The highest BCUT2D eigenvalue weighted by Gasteiger charge is 2.34. The minimum Gasteiger partial charge on any atom is -0.370 e. The summed E-state index contributed by atoms with van der Waals surface area (Å²) in [4.78, 5) is 7.38. The number of rotatable bonds is 2. The molecule has 0 saturated carbocycles. The number of thiocarbonyl (C=S) groups is 1. The van der Waals surface area contributed by atoms with Crippen molar-refractivity contribution >= 4 is 38.9 Å². The topological polar surface area (TPSA) is 44.7 Å². The van der Waals surface area contributed by atoms with E-state index in [1.54, 1.807) is 0 Å². The number of anilines is 1. The van der Waals surface area contributed by atoms with E-state index in [9.17, 15) is 4.21 Å². The van der Waals surface area contributed by atoms with Crippen LogP contribution in [0.4, 0.5) is 5.69 Å². The second kappa shape index (κ2) is 5.74. The summed E-state index contributed by atoms with van der Waals surface area (Å²) in [6.45, 7) is 3.88. The average molecular weight is 335 g/mol. The predicted octanol–water partition coefficient (Wildman–Crippen LogP) is 2.25. The van der Waals surface area contributed by atoms with E-state index in [4.69, 9.17) is 12.2 Å². The van der Waals surface area contributed by atoms with Crippen molar-refractivity contribution in [2.75, 3.05) is 17.7 Å². The van der Waals surface area contributed by atoms with Gasteiger partial charge in [0.2, 0.25) is 0 Å². The van der Waals surface area contributed by atoms with E-state index in [1.807, 2.05) is 13.8 Å². The fraction of sp³-hybridized carbons (Fsp3) is 0.500. The van der Waals surface area contributed by atoms with Gasteiger partial charge in [-0.2, -0.15) is 0 Å². The molecule has 0 aliphatic carbocycles. The molecule has 118 valence electrons. The Morgan fingerprint density at radius 1 is 1.45 bits per heavy atom. The summed E-state index contributed by atoms with van der Waals surface area (Å²) in [5, 5.41) is 3.56. The van der Waals surface area contributed by atoms with Crippen molar-refractivity contribution < 1.29 is 4.21 Å². The molecule has 0 bridgehead atoms. The summed E-state index contributed by atoms with van der Waals surface area (Å²) < 4.78 is 12.6. The summed E-state index contributed by atoms with van der Waals surface area (Å²) in [7, 11) is 0.934. The van der Waals surface area contributed by atoms with Gasteiger partial charge in [-0.15, -0.1) is 0 Å². The van der Waals surface area contributed by atoms with Crippen LogP contribution in [0.25, 0.3) is 0 Å². The molecule has 0 radical (unpaired) electrons. The van der Waals surface area contributed by atoms with Crippen molar-refractivity contribution in [3.8, 4) is 0 Å². The van der Waals surface area contributed by atoms with Crippen LogP contribution in [0.3, 0.4) is 0 Å². The Morgan fingerprint density at radius 2 is 2.18 bits per heavy atom. The van der Waals surface area contributed by atoms with Crippen LogP contribution in [-0.2, 0) is 17.2 Å². The molecule has 2 heterocycles. The zero-order valence-electron chi connectivity index (χ0n) is 13.1. The fourth-order valence-electron chi connectivity index (χ4n) is 2.92. The van der Waals surface area contributed by atoms with Crippen molar-refractivity contribution in [1.82, 2.24) is 5.32 Å². The van der Waals surface area contributed by atoms with Gasteiger partial charge in [0, 0.05) is 18.8 Å². The minimum atomic E-state index is -1.15. The molecule has 6 heteroatoms. The zero-order valence-corrected chi connectivity index (χ0v) is 14.8. The fourth-order valence-corrected chi connectivity index (χ4v) is 4.57. The van der Waals surface area contributed by atoms with Gasteiger partial charge in [-0.25, -0.2) is 4.99 Å². The van der Waals surface area contributed by atoms with Crippen molar-refractivity contribution in [3.63, 3.8) is 0 Å². The molecule has 4 nitrogen and oxygen atoms in total. The Kier molecular flexibility index (Phi) is 4.07. The Balaban J connectivity index is 1.73. The van der Waals surface area contributed by atoms with Gasteiger partial charge in [0.1, 0.15) is 10.5 Å². The Hall–Kier alpha value is -1.27. The molecule has 1 aromatic carbocycles. The molecule has 1 N–H and O–H groups in total. The molecule has 3 rings (SSSR count). The van der Waals surface area contributed by atoms with Crippen LogP contribution in [0.2, 0.25) is 0 Å². The SMILES string of the molecule is CN1c2ccccc2CCC1CS(=O)C1=NC(C)(C)C(=S)N1. The molecule has 1 aromatic rings. The van der Waals surface area contributed by atoms with E-state index >= 15 is 0 Å². The highest BCUT2D eigenvalue weighted by molar-refractivity contribution is 8.00. The van der Waals surface area contributed by atoms with Crippen LogP contribution in [-0.4, -0.2) is 38.7 Å². The van der Waals surface area contributed by atoms with Gasteiger partial charge in [-0.1, -0.05) is 30.4 Å². The van der Waals surface area contributed by atoms with Gasteiger partial charge in [-0.05, 0) is 38.3 Å². The van der Waals surface area contributed by atoms with E-state index < -0.39 is 16.3 Å². The molecule has 0 amide bonds. The van der Waals surface area contributed by atoms with Crippen LogP contribution in [0.15, 0.2) is 29.3 Å². The first-order valence-corrected chi connectivity index (χ1v) is 9.21. The second-order valence-corrected chi connectivity index (χ2v) is 8.19. The number of nitrogens with one attached hydrogen (secondary N) is 1.